The third kappa shape index (κ3) is 3.52. The maximum absolute atomic E-state index is 11.8. The van der Waals surface area contributed by atoms with E-state index in [9.17, 15) is 9.59 Å². The smallest absolute Gasteiger partial charge is 0.459 e. The van der Waals surface area contributed by atoms with Crippen molar-refractivity contribution in [2.45, 2.75) is 6.92 Å². The summed E-state index contributed by atoms with van der Waals surface area (Å²) in [5.41, 5.74) is 0.850. The molecule has 1 aromatic carbocycles. The van der Waals surface area contributed by atoms with E-state index in [-0.39, 0.29) is 18.2 Å². The predicted octanol–water partition coefficient (Wildman–Crippen LogP) is 3.16. The Morgan fingerprint density at radius 3 is 2.71 bits per heavy atom. The summed E-state index contributed by atoms with van der Waals surface area (Å²) in [5, 5.41) is 0. The summed E-state index contributed by atoms with van der Waals surface area (Å²) in [6.07, 6.45) is 2.26. The van der Waals surface area contributed by atoms with E-state index >= 15 is 0 Å². The number of carbonyl (C=O) groups is 2. The summed E-state index contributed by atoms with van der Waals surface area (Å²) < 4.78 is 19.8. The highest BCUT2D eigenvalue weighted by Crippen LogP contribution is 2.20. The van der Waals surface area contributed by atoms with E-state index in [0.29, 0.717) is 17.1 Å². The van der Waals surface area contributed by atoms with Crippen LogP contribution in [0.5, 0.6) is 5.75 Å². The SMILES string of the molecule is CCOC(=O)Oc1ccc(/C=C2\N=C(c3ccco3)OC2=O)cc1. The van der Waals surface area contributed by atoms with E-state index in [2.05, 4.69) is 9.73 Å². The Labute approximate surface area is 137 Å². The van der Waals surface area contributed by atoms with Crippen LogP contribution in [0.1, 0.15) is 18.2 Å². The topological polar surface area (TPSA) is 87.3 Å². The first-order valence-electron chi connectivity index (χ1n) is 7.17. The van der Waals surface area contributed by atoms with Gasteiger partial charge in [-0.3, -0.25) is 0 Å². The van der Waals surface area contributed by atoms with E-state index in [1.165, 1.54) is 6.26 Å². The minimum absolute atomic E-state index is 0.124. The Hall–Kier alpha value is -3.35. The lowest BCUT2D eigenvalue weighted by molar-refractivity contribution is -0.130. The van der Waals surface area contributed by atoms with Crippen LogP contribution in [0.15, 0.2) is 57.8 Å². The van der Waals surface area contributed by atoms with Gasteiger partial charge in [0.15, 0.2) is 11.5 Å². The zero-order chi connectivity index (χ0) is 16.9. The molecule has 0 spiro atoms. The first-order chi connectivity index (χ1) is 11.7. The first kappa shape index (κ1) is 15.5. The molecule has 1 aliphatic heterocycles. The molecule has 0 bridgehead atoms. The van der Waals surface area contributed by atoms with E-state index < -0.39 is 12.1 Å². The fraction of sp³-hybridized carbons (Fsp3) is 0.118. The standard InChI is InChI=1S/C17H13NO6/c1-2-21-17(20)23-12-7-5-11(6-8-12)10-13-16(19)24-15(18-13)14-4-3-9-22-14/h3-10H,2H2,1H3/b13-10-. The molecule has 7 nitrogen and oxygen atoms in total. The third-order valence-corrected chi connectivity index (χ3v) is 3.00. The summed E-state index contributed by atoms with van der Waals surface area (Å²) in [7, 11) is 0. The van der Waals surface area contributed by atoms with Crippen molar-refractivity contribution >= 4 is 24.1 Å². The minimum atomic E-state index is -0.768. The van der Waals surface area contributed by atoms with E-state index in [1.807, 2.05) is 0 Å². The zero-order valence-electron chi connectivity index (χ0n) is 12.7. The molecule has 0 fully saturated rings. The quantitative estimate of drug-likeness (QED) is 0.487. The van der Waals surface area contributed by atoms with Crippen molar-refractivity contribution in [3.05, 3.63) is 59.7 Å². The van der Waals surface area contributed by atoms with Crippen molar-refractivity contribution in [3.8, 4) is 5.75 Å². The third-order valence-electron chi connectivity index (χ3n) is 3.00. The molecule has 122 valence electrons. The molecule has 0 unspecified atom stereocenters. The zero-order valence-corrected chi connectivity index (χ0v) is 12.7. The molecule has 1 aromatic heterocycles. The van der Waals surface area contributed by atoms with Gasteiger partial charge in [-0.15, -0.1) is 0 Å². The van der Waals surface area contributed by atoms with Crippen molar-refractivity contribution in [2.75, 3.05) is 6.61 Å². The van der Waals surface area contributed by atoms with Gasteiger partial charge in [0, 0.05) is 0 Å². The average molecular weight is 327 g/mol. The van der Waals surface area contributed by atoms with E-state index in [4.69, 9.17) is 13.9 Å². The number of furan rings is 1. The number of carbonyl (C=O) groups excluding carboxylic acids is 2. The summed E-state index contributed by atoms with van der Waals surface area (Å²) in [5.74, 6) is 0.279. The maximum Gasteiger partial charge on any atom is 0.513 e. The van der Waals surface area contributed by atoms with Crippen LogP contribution in [0.4, 0.5) is 4.79 Å². The van der Waals surface area contributed by atoms with Gasteiger partial charge >= 0.3 is 12.1 Å². The lowest BCUT2D eigenvalue weighted by atomic mass is 10.2. The number of nitrogens with zero attached hydrogens (tertiary/aromatic N) is 1. The molecule has 0 aliphatic carbocycles. The Morgan fingerprint density at radius 2 is 2.04 bits per heavy atom. The Morgan fingerprint density at radius 1 is 1.25 bits per heavy atom. The van der Waals surface area contributed by atoms with Crippen LogP contribution in [0.25, 0.3) is 6.08 Å². The first-order valence-corrected chi connectivity index (χ1v) is 7.17. The van der Waals surface area contributed by atoms with Crippen molar-refractivity contribution in [1.82, 2.24) is 0 Å². The molecule has 0 saturated heterocycles. The summed E-state index contributed by atoms with van der Waals surface area (Å²) in [4.78, 5) is 27.2. The molecule has 0 amide bonds. The van der Waals surface area contributed by atoms with Gasteiger partial charge in [0.1, 0.15) is 5.75 Å². The molecule has 7 heteroatoms. The fourth-order valence-electron chi connectivity index (χ4n) is 1.95. The van der Waals surface area contributed by atoms with Crippen LogP contribution in [-0.4, -0.2) is 24.6 Å². The monoisotopic (exact) mass is 327 g/mol. The van der Waals surface area contributed by atoms with Crippen molar-refractivity contribution in [1.29, 1.82) is 0 Å². The molecule has 0 atom stereocenters. The van der Waals surface area contributed by atoms with Gasteiger partial charge in [-0.25, -0.2) is 14.6 Å². The normalized spacial score (nSPS) is 15.1. The highest BCUT2D eigenvalue weighted by atomic mass is 16.7. The van der Waals surface area contributed by atoms with Crippen molar-refractivity contribution in [2.24, 2.45) is 4.99 Å². The number of esters is 1. The van der Waals surface area contributed by atoms with Crippen LogP contribution in [0, 0.1) is 0 Å². The van der Waals surface area contributed by atoms with Gasteiger partial charge in [0.05, 0.1) is 12.9 Å². The number of aliphatic imine (C=N–C) groups is 1. The second-order valence-corrected chi connectivity index (χ2v) is 4.67. The summed E-state index contributed by atoms with van der Waals surface area (Å²) in [6.45, 7) is 1.93. The lowest BCUT2D eigenvalue weighted by Gasteiger charge is -2.03. The molecule has 2 aromatic rings. The number of cyclic esters (lactones) is 1. The Bertz CT molecular complexity index is 802. The van der Waals surface area contributed by atoms with Gasteiger partial charge in [-0.2, -0.15) is 0 Å². The van der Waals surface area contributed by atoms with Gasteiger partial charge in [-0.1, -0.05) is 12.1 Å². The number of ether oxygens (including phenoxy) is 3. The maximum atomic E-state index is 11.8. The molecule has 0 saturated carbocycles. The van der Waals surface area contributed by atoms with E-state index in [1.54, 1.807) is 49.4 Å². The summed E-state index contributed by atoms with van der Waals surface area (Å²) >= 11 is 0. The number of hydrogen-bond acceptors (Lipinski definition) is 7. The number of benzene rings is 1. The Kier molecular flexibility index (Phi) is 4.42. The van der Waals surface area contributed by atoms with Crippen molar-refractivity contribution in [3.63, 3.8) is 0 Å². The van der Waals surface area contributed by atoms with Gasteiger partial charge < -0.3 is 18.6 Å². The second kappa shape index (κ2) is 6.82. The molecule has 1 aliphatic rings. The summed E-state index contributed by atoms with van der Waals surface area (Å²) in [6, 6.07) is 9.85. The number of rotatable bonds is 4. The highest BCUT2D eigenvalue weighted by Gasteiger charge is 2.25. The predicted molar refractivity (Wildman–Crippen MR) is 83.4 cm³/mol. The van der Waals surface area contributed by atoms with Crippen LogP contribution in [0.3, 0.4) is 0 Å². The van der Waals surface area contributed by atoms with Gasteiger partial charge in [0.25, 0.3) is 5.90 Å². The molecule has 3 rings (SSSR count). The average Bonchev–Trinajstić information content (AvgIpc) is 3.20. The van der Waals surface area contributed by atoms with Crippen molar-refractivity contribution < 1.29 is 28.2 Å². The molecule has 0 radical (unpaired) electrons. The van der Waals surface area contributed by atoms with Crippen LogP contribution < -0.4 is 4.74 Å². The van der Waals surface area contributed by atoms with E-state index in [0.717, 1.165) is 0 Å². The van der Waals surface area contributed by atoms with Gasteiger partial charge in [0.2, 0.25) is 0 Å². The minimum Gasteiger partial charge on any atom is -0.459 e. The fourth-order valence-corrected chi connectivity index (χ4v) is 1.95. The largest absolute Gasteiger partial charge is 0.513 e. The highest BCUT2D eigenvalue weighted by molar-refractivity contribution is 6.11. The van der Waals surface area contributed by atoms with Crippen LogP contribution in [0.2, 0.25) is 0 Å². The van der Waals surface area contributed by atoms with Crippen LogP contribution in [-0.2, 0) is 14.3 Å². The lowest BCUT2D eigenvalue weighted by Crippen LogP contribution is -2.09. The molecule has 0 N–H and O–H groups in total. The number of hydrogen-bond donors (Lipinski definition) is 0. The molecular formula is C17H13NO6. The Balaban J connectivity index is 1.74. The second-order valence-electron chi connectivity index (χ2n) is 4.67. The molecular weight excluding hydrogens is 314 g/mol. The van der Waals surface area contributed by atoms with Crippen LogP contribution >= 0.6 is 0 Å². The molecule has 24 heavy (non-hydrogen) atoms. The van der Waals surface area contributed by atoms with Gasteiger partial charge in [-0.05, 0) is 42.8 Å². The molecule has 2 heterocycles.